The van der Waals surface area contributed by atoms with Gasteiger partial charge in [-0.25, -0.2) is 9.07 Å². The Morgan fingerprint density at radius 2 is 2.25 bits per heavy atom. The summed E-state index contributed by atoms with van der Waals surface area (Å²) in [7, 11) is 0. The summed E-state index contributed by atoms with van der Waals surface area (Å²) in [5.74, 6) is -0.409. The number of hydrogen-bond donors (Lipinski definition) is 1. The molecule has 1 unspecified atom stereocenters. The van der Waals surface area contributed by atoms with E-state index in [0.29, 0.717) is 16.4 Å². The van der Waals surface area contributed by atoms with Crippen LogP contribution in [0.4, 0.5) is 4.39 Å². The van der Waals surface area contributed by atoms with Crippen LogP contribution < -0.4 is 0 Å². The highest BCUT2D eigenvalue weighted by molar-refractivity contribution is 6.32. The second-order valence-electron chi connectivity index (χ2n) is 3.36. The van der Waals surface area contributed by atoms with Crippen LogP contribution in [0.2, 0.25) is 5.02 Å². The van der Waals surface area contributed by atoms with Gasteiger partial charge >= 0.3 is 0 Å². The number of aliphatic hydroxyl groups is 1. The van der Waals surface area contributed by atoms with Gasteiger partial charge in [-0.2, -0.15) is 0 Å². The first-order valence-corrected chi connectivity index (χ1v) is 5.01. The van der Waals surface area contributed by atoms with E-state index >= 15 is 0 Å². The Labute approximate surface area is 96.3 Å². The number of benzene rings is 1. The molecule has 2 aromatic rings. The third kappa shape index (κ3) is 2.05. The Morgan fingerprint density at radius 1 is 1.50 bits per heavy atom. The zero-order valence-electron chi connectivity index (χ0n) is 8.43. The highest BCUT2D eigenvalue weighted by atomic mass is 35.5. The van der Waals surface area contributed by atoms with Gasteiger partial charge in [0.2, 0.25) is 0 Å². The molecule has 4 nitrogen and oxygen atoms in total. The highest BCUT2D eigenvalue weighted by Crippen LogP contribution is 2.21. The number of nitrogens with zero attached hydrogens (tertiary/aromatic N) is 3. The molecule has 1 aromatic carbocycles. The molecule has 1 heterocycles. The second kappa shape index (κ2) is 4.19. The van der Waals surface area contributed by atoms with E-state index < -0.39 is 11.9 Å². The van der Waals surface area contributed by atoms with E-state index in [2.05, 4.69) is 10.3 Å². The summed E-state index contributed by atoms with van der Waals surface area (Å²) in [6, 6.07) is 3.96. The summed E-state index contributed by atoms with van der Waals surface area (Å²) >= 11 is 5.90. The molecule has 0 aliphatic carbocycles. The monoisotopic (exact) mass is 241 g/mol. The maximum absolute atomic E-state index is 13.0. The quantitative estimate of drug-likeness (QED) is 0.876. The normalized spacial score (nSPS) is 12.8. The van der Waals surface area contributed by atoms with Crippen LogP contribution in [-0.4, -0.2) is 20.1 Å². The molecule has 1 atom stereocenters. The fraction of sp³-hybridized carbons (Fsp3) is 0.200. The van der Waals surface area contributed by atoms with Gasteiger partial charge in [0.1, 0.15) is 11.5 Å². The van der Waals surface area contributed by atoms with E-state index in [0.717, 1.165) is 0 Å². The summed E-state index contributed by atoms with van der Waals surface area (Å²) in [6.07, 6.45) is 0.784. The molecule has 1 aromatic heterocycles. The van der Waals surface area contributed by atoms with Crippen LogP contribution in [0, 0.1) is 5.82 Å². The Kier molecular flexibility index (Phi) is 2.89. The summed E-state index contributed by atoms with van der Waals surface area (Å²) in [5, 5.41) is 17.2. The minimum atomic E-state index is -0.721. The number of aliphatic hydroxyl groups excluding tert-OH is 1. The average Bonchev–Trinajstić information content (AvgIpc) is 2.70. The van der Waals surface area contributed by atoms with Crippen molar-refractivity contribution >= 4 is 11.6 Å². The van der Waals surface area contributed by atoms with Crippen molar-refractivity contribution in [1.29, 1.82) is 0 Å². The summed E-state index contributed by atoms with van der Waals surface area (Å²) < 4.78 is 14.4. The molecule has 1 N–H and O–H groups in total. The van der Waals surface area contributed by atoms with Crippen LogP contribution >= 0.6 is 11.6 Å². The first-order valence-electron chi connectivity index (χ1n) is 4.63. The zero-order valence-corrected chi connectivity index (χ0v) is 9.19. The topological polar surface area (TPSA) is 50.9 Å². The van der Waals surface area contributed by atoms with E-state index in [1.165, 1.54) is 29.1 Å². The molecule has 0 amide bonds. The molecular formula is C10H9ClFN3O. The van der Waals surface area contributed by atoms with Crippen LogP contribution in [0.3, 0.4) is 0 Å². The maximum Gasteiger partial charge on any atom is 0.125 e. The molecule has 0 spiro atoms. The van der Waals surface area contributed by atoms with E-state index in [1.54, 1.807) is 6.92 Å². The van der Waals surface area contributed by atoms with Crippen molar-refractivity contribution in [2.75, 3.05) is 0 Å². The highest BCUT2D eigenvalue weighted by Gasteiger charge is 2.10. The molecule has 6 heteroatoms. The molecule has 2 rings (SSSR count). The Morgan fingerprint density at radius 3 is 2.88 bits per heavy atom. The van der Waals surface area contributed by atoms with Gasteiger partial charge in [-0.15, -0.1) is 5.10 Å². The minimum absolute atomic E-state index is 0.364. The number of aromatic nitrogens is 3. The van der Waals surface area contributed by atoms with E-state index in [1.807, 2.05) is 0 Å². The van der Waals surface area contributed by atoms with E-state index in [-0.39, 0.29) is 0 Å². The third-order valence-corrected chi connectivity index (χ3v) is 2.41. The molecule has 0 radical (unpaired) electrons. The van der Waals surface area contributed by atoms with Crippen molar-refractivity contribution in [3.8, 4) is 5.69 Å². The van der Waals surface area contributed by atoms with Crippen molar-refractivity contribution in [1.82, 2.24) is 15.0 Å². The lowest BCUT2D eigenvalue weighted by atomic mass is 10.3. The lowest BCUT2D eigenvalue weighted by molar-refractivity contribution is 0.194. The summed E-state index contributed by atoms with van der Waals surface area (Å²) in [5.41, 5.74) is 0.793. The van der Waals surface area contributed by atoms with Crippen LogP contribution in [-0.2, 0) is 0 Å². The van der Waals surface area contributed by atoms with Crippen LogP contribution in [0.15, 0.2) is 24.4 Å². The van der Waals surface area contributed by atoms with Crippen molar-refractivity contribution in [2.45, 2.75) is 13.0 Å². The first kappa shape index (κ1) is 11.0. The van der Waals surface area contributed by atoms with Crippen molar-refractivity contribution in [2.24, 2.45) is 0 Å². The molecule has 84 valence electrons. The zero-order chi connectivity index (χ0) is 11.7. The largest absolute Gasteiger partial charge is 0.387 e. The second-order valence-corrected chi connectivity index (χ2v) is 3.77. The Hall–Kier alpha value is -1.46. The molecule has 0 bridgehead atoms. The van der Waals surface area contributed by atoms with Crippen molar-refractivity contribution in [3.05, 3.63) is 40.9 Å². The molecule has 0 aliphatic rings. The van der Waals surface area contributed by atoms with Gasteiger partial charge in [0, 0.05) is 6.07 Å². The first-order chi connectivity index (χ1) is 7.58. The van der Waals surface area contributed by atoms with Gasteiger partial charge in [0.05, 0.1) is 23.0 Å². The number of hydrogen-bond acceptors (Lipinski definition) is 3. The van der Waals surface area contributed by atoms with Crippen molar-refractivity contribution in [3.63, 3.8) is 0 Å². The third-order valence-electron chi connectivity index (χ3n) is 2.09. The van der Waals surface area contributed by atoms with Gasteiger partial charge in [-0.05, 0) is 19.1 Å². The predicted molar refractivity (Wildman–Crippen MR) is 57.0 cm³/mol. The Bertz CT molecular complexity index is 513. The molecular weight excluding hydrogens is 233 g/mol. The van der Waals surface area contributed by atoms with E-state index in [4.69, 9.17) is 11.6 Å². The summed E-state index contributed by atoms with van der Waals surface area (Å²) in [6.45, 7) is 1.57. The lowest BCUT2D eigenvalue weighted by Crippen LogP contribution is -1.96. The standard InChI is InChI=1S/C10H9ClFN3O/c1-6(16)9-5-15(14-13-9)10-4-7(12)2-3-8(10)11/h2-6,16H,1H3. The van der Waals surface area contributed by atoms with Gasteiger partial charge in [0.25, 0.3) is 0 Å². The Balaban J connectivity index is 2.46. The molecule has 0 saturated heterocycles. The SMILES string of the molecule is CC(O)c1cn(-c2cc(F)ccc2Cl)nn1. The lowest BCUT2D eigenvalue weighted by Gasteiger charge is -2.02. The van der Waals surface area contributed by atoms with Crippen LogP contribution in [0.1, 0.15) is 18.7 Å². The molecule has 16 heavy (non-hydrogen) atoms. The fourth-order valence-electron chi connectivity index (χ4n) is 1.25. The van der Waals surface area contributed by atoms with Gasteiger partial charge in [-0.3, -0.25) is 0 Å². The molecule has 0 aliphatic heterocycles. The van der Waals surface area contributed by atoms with E-state index in [9.17, 15) is 9.50 Å². The maximum atomic E-state index is 13.0. The molecule has 0 saturated carbocycles. The van der Waals surface area contributed by atoms with Gasteiger partial charge in [0.15, 0.2) is 0 Å². The average molecular weight is 242 g/mol. The summed E-state index contributed by atoms with van der Waals surface area (Å²) in [4.78, 5) is 0. The van der Waals surface area contributed by atoms with Crippen LogP contribution in [0.5, 0.6) is 0 Å². The fourth-order valence-corrected chi connectivity index (χ4v) is 1.45. The van der Waals surface area contributed by atoms with Crippen molar-refractivity contribution < 1.29 is 9.50 Å². The van der Waals surface area contributed by atoms with Gasteiger partial charge < -0.3 is 5.11 Å². The van der Waals surface area contributed by atoms with Gasteiger partial charge in [-0.1, -0.05) is 16.8 Å². The number of halogens is 2. The van der Waals surface area contributed by atoms with Crippen LogP contribution in [0.25, 0.3) is 5.69 Å². The predicted octanol–water partition coefficient (Wildman–Crippen LogP) is 2.11. The minimum Gasteiger partial charge on any atom is -0.387 e. The smallest absolute Gasteiger partial charge is 0.125 e. The number of rotatable bonds is 2. The molecule has 0 fully saturated rings.